The predicted molar refractivity (Wildman–Crippen MR) is 86.0 cm³/mol. The highest BCUT2D eigenvalue weighted by Crippen LogP contribution is 2.42. The molecule has 4 N–H and O–H groups in total. The molecule has 1 aliphatic rings. The third kappa shape index (κ3) is 4.81. The average Bonchev–Trinajstić information content (AvgIpc) is 2.47. The number of nitrogens with two attached hydrogens (primary N) is 1. The highest BCUT2D eigenvalue weighted by atomic mass is 16.4. The van der Waals surface area contributed by atoms with E-state index in [0.717, 1.165) is 32.1 Å². The van der Waals surface area contributed by atoms with Gasteiger partial charge in [0.1, 0.15) is 0 Å². The molecular weight excluding hydrogens is 296 g/mol. The molecule has 0 heterocycles. The lowest BCUT2D eigenvalue weighted by Crippen LogP contribution is -2.32. The highest BCUT2D eigenvalue weighted by Gasteiger charge is 2.36. The lowest BCUT2D eigenvalue weighted by atomic mass is 9.69. The number of hydrogen-bond donors (Lipinski definition) is 3. The Morgan fingerprint density at radius 2 is 1.83 bits per heavy atom. The second kappa shape index (κ2) is 7.26. The van der Waals surface area contributed by atoms with E-state index in [4.69, 9.17) is 10.8 Å². The zero-order valence-corrected chi connectivity index (χ0v) is 13.0. The third-order valence-electron chi connectivity index (χ3n) is 4.41. The quantitative estimate of drug-likeness (QED) is 0.748. The standard InChI is InChI=1S/C17H22N2O4/c18-16(23)12-5-4-6-13(9-12)19-14(20)10-17(11-15(21)22)7-2-1-3-8-17/h4-6,9H,1-3,7-8,10-11H2,(H2,18,23)(H,19,20)(H,21,22). The lowest BCUT2D eigenvalue weighted by molar-refractivity contribution is -0.140. The van der Waals surface area contributed by atoms with Gasteiger partial charge in [0.05, 0.1) is 6.42 Å². The van der Waals surface area contributed by atoms with Crippen molar-refractivity contribution in [3.63, 3.8) is 0 Å². The third-order valence-corrected chi connectivity index (χ3v) is 4.41. The molecule has 23 heavy (non-hydrogen) atoms. The van der Waals surface area contributed by atoms with Crippen LogP contribution in [0.25, 0.3) is 0 Å². The zero-order chi connectivity index (χ0) is 16.9. The summed E-state index contributed by atoms with van der Waals surface area (Å²) in [6, 6.07) is 6.41. The van der Waals surface area contributed by atoms with Crippen LogP contribution in [0.15, 0.2) is 24.3 Å². The number of aliphatic carboxylic acids is 1. The molecule has 1 saturated carbocycles. The molecule has 0 spiro atoms. The largest absolute Gasteiger partial charge is 0.481 e. The fourth-order valence-corrected chi connectivity index (χ4v) is 3.33. The Morgan fingerprint density at radius 3 is 2.43 bits per heavy atom. The molecule has 0 unspecified atom stereocenters. The molecule has 0 aromatic heterocycles. The summed E-state index contributed by atoms with van der Waals surface area (Å²) in [5, 5.41) is 11.9. The number of rotatable bonds is 6. The molecule has 0 aliphatic heterocycles. The van der Waals surface area contributed by atoms with E-state index in [1.807, 2.05) is 0 Å². The van der Waals surface area contributed by atoms with Crippen molar-refractivity contribution in [3.05, 3.63) is 29.8 Å². The van der Waals surface area contributed by atoms with E-state index in [2.05, 4.69) is 5.32 Å². The minimum Gasteiger partial charge on any atom is -0.481 e. The molecule has 0 saturated heterocycles. The van der Waals surface area contributed by atoms with E-state index in [-0.39, 0.29) is 18.7 Å². The first-order valence-electron chi connectivity index (χ1n) is 7.82. The number of amides is 2. The van der Waals surface area contributed by atoms with Crippen LogP contribution >= 0.6 is 0 Å². The van der Waals surface area contributed by atoms with E-state index in [1.54, 1.807) is 18.2 Å². The van der Waals surface area contributed by atoms with E-state index in [9.17, 15) is 14.4 Å². The number of carboxylic acids is 1. The number of carbonyl (C=O) groups is 3. The minimum absolute atomic E-state index is 0.0156. The SMILES string of the molecule is NC(=O)c1cccc(NC(=O)CC2(CC(=O)O)CCCCC2)c1. The summed E-state index contributed by atoms with van der Waals surface area (Å²) in [7, 11) is 0. The summed E-state index contributed by atoms with van der Waals surface area (Å²) < 4.78 is 0. The lowest BCUT2D eigenvalue weighted by Gasteiger charge is -2.35. The Kier molecular flexibility index (Phi) is 5.36. The van der Waals surface area contributed by atoms with Crippen molar-refractivity contribution in [2.45, 2.75) is 44.9 Å². The second-order valence-corrected chi connectivity index (χ2v) is 6.30. The summed E-state index contributed by atoms with van der Waals surface area (Å²) in [6.07, 6.45) is 4.71. The highest BCUT2D eigenvalue weighted by molar-refractivity contribution is 5.96. The summed E-state index contributed by atoms with van der Waals surface area (Å²) in [5.74, 6) is -1.65. The van der Waals surface area contributed by atoms with Crippen molar-refractivity contribution in [2.24, 2.45) is 11.1 Å². The van der Waals surface area contributed by atoms with Gasteiger partial charge in [0, 0.05) is 17.7 Å². The van der Waals surface area contributed by atoms with Gasteiger partial charge >= 0.3 is 5.97 Å². The molecular formula is C17H22N2O4. The molecule has 0 radical (unpaired) electrons. The Morgan fingerprint density at radius 1 is 1.13 bits per heavy atom. The van der Waals surface area contributed by atoms with Crippen LogP contribution < -0.4 is 11.1 Å². The van der Waals surface area contributed by atoms with Gasteiger partial charge in [0.15, 0.2) is 0 Å². The van der Waals surface area contributed by atoms with Crippen molar-refractivity contribution in [1.82, 2.24) is 0 Å². The Bertz CT molecular complexity index is 606. The van der Waals surface area contributed by atoms with E-state index < -0.39 is 17.3 Å². The molecule has 1 fully saturated rings. The maximum absolute atomic E-state index is 12.3. The number of hydrogen-bond acceptors (Lipinski definition) is 3. The first-order chi connectivity index (χ1) is 10.9. The smallest absolute Gasteiger partial charge is 0.303 e. The minimum atomic E-state index is -0.865. The fourth-order valence-electron chi connectivity index (χ4n) is 3.33. The number of nitrogens with one attached hydrogen (secondary N) is 1. The fraction of sp³-hybridized carbons (Fsp3) is 0.471. The predicted octanol–water partition coefficient (Wildman–Crippen LogP) is 2.54. The molecule has 0 atom stereocenters. The summed E-state index contributed by atoms with van der Waals surface area (Å²) in [4.78, 5) is 34.6. The normalized spacial score (nSPS) is 16.5. The Hall–Kier alpha value is -2.37. The molecule has 2 amide bonds. The van der Waals surface area contributed by atoms with Crippen molar-refractivity contribution < 1.29 is 19.5 Å². The Balaban J connectivity index is 2.05. The molecule has 1 aromatic carbocycles. The number of carbonyl (C=O) groups excluding carboxylic acids is 2. The van der Waals surface area contributed by atoms with Gasteiger partial charge in [0.25, 0.3) is 0 Å². The van der Waals surface area contributed by atoms with Crippen molar-refractivity contribution in [2.75, 3.05) is 5.32 Å². The summed E-state index contributed by atoms with van der Waals surface area (Å²) in [5.41, 5.74) is 5.57. The van der Waals surface area contributed by atoms with Crippen LogP contribution in [0, 0.1) is 5.41 Å². The number of anilines is 1. The molecule has 6 heteroatoms. The molecule has 0 bridgehead atoms. The van der Waals surface area contributed by atoms with Crippen LogP contribution in [-0.4, -0.2) is 22.9 Å². The van der Waals surface area contributed by atoms with Crippen LogP contribution in [0.3, 0.4) is 0 Å². The van der Waals surface area contributed by atoms with E-state index in [1.165, 1.54) is 6.07 Å². The van der Waals surface area contributed by atoms with E-state index in [0.29, 0.717) is 11.3 Å². The van der Waals surface area contributed by atoms with Gasteiger partial charge in [-0.05, 0) is 36.5 Å². The topological polar surface area (TPSA) is 109 Å². The molecule has 6 nitrogen and oxygen atoms in total. The molecule has 124 valence electrons. The monoisotopic (exact) mass is 318 g/mol. The van der Waals surface area contributed by atoms with Crippen LogP contribution in [0.1, 0.15) is 55.3 Å². The number of primary amides is 1. The second-order valence-electron chi connectivity index (χ2n) is 6.30. The van der Waals surface area contributed by atoms with Gasteiger partial charge in [-0.15, -0.1) is 0 Å². The van der Waals surface area contributed by atoms with Gasteiger partial charge in [-0.3, -0.25) is 14.4 Å². The van der Waals surface area contributed by atoms with Crippen molar-refractivity contribution in [1.29, 1.82) is 0 Å². The van der Waals surface area contributed by atoms with Crippen LogP contribution in [0.5, 0.6) is 0 Å². The van der Waals surface area contributed by atoms with Crippen molar-refractivity contribution in [3.8, 4) is 0 Å². The first kappa shape index (κ1) is 17.0. The maximum Gasteiger partial charge on any atom is 0.303 e. The summed E-state index contributed by atoms with van der Waals surface area (Å²) in [6.45, 7) is 0. The van der Waals surface area contributed by atoms with Gasteiger partial charge in [-0.2, -0.15) is 0 Å². The van der Waals surface area contributed by atoms with Gasteiger partial charge < -0.3 is 16.2 Å². The number of benzene rings is 1. The first-order valence-corrected chi connectivity index (χ1v) is 7.82. The summed E-state index contributed by atoms with van der Waals surface area (Å²) >= 11 is 0. The molecule has 1 aromatic rings. The van der Waals surface area contributed by atoms with Crippen molar-refractivity contribution >= 4 is 23.5 Å². The maximum atomic E-state index is 12.3. The number of carboxylic acid groups (broad SMARTS) is 1. The average molecular weight is 318 g/mol. The Labute approximate surface area is 135 Å². The zero-order valence-electron chi connectivity index (χ0n) is 13.0. The van der Waals surface area contributed by atoms with E-state index >= 15 is 0 Å². The van der Waals surface area contributed by atoms with Gasteiger partial charge in [0.2, 0.25) is 11.8 Å². The van der Waals surface area contributed by atoms with Crippen LogP contribution in [0.4, 0.5) is 5.69 Å². The van der Waals surface area contributed by atoms with Crippen LogP contribution in [0.2, 0.25) is 0 Å². The van der Waals surface area contributed by atoms with Crippen LogP contribution in [-0.2, 0) is 9.59 Å². The molecule has 2 rings (SSSR count). The molecule has 1 aliphatic carbocycles. The van der Waals surface area contributed by atoms with Gasteiger partial charge in [-0.25, -0.2) is 0 Å². The van der Waals surface area contributed by atoms with Gasteiger partial charge in [-0.1, -0.05) is 25.3 Å².